The van der Waals surface area contributed by atoms with E-state index in [0.717, 1.165) is 10.9 Å². The zero-order valence-corrected chi connectivity index (χ0v) is 14.8. The van der Waals surface area contributed by atoms with Crippen molar-refractivity contribution in [3.05, 3.63) is 42.3 Å². The van der Waals surface area contributed by atoms with Gasteiger partial charge in [-0.3, -0.25) is 9.89 Å². The highest BCUT2D eigenvalue weighted by atomic mass is 32.2. The van der Waals surface area contributed by atoms with E-state index >= 15 is 0 Å². The Balaban J connectivity index is 1.78. The first kappa shape index (κ1) is 17.2. The highest BCUT2D eigenvalue weighted by molar-refractivity contribution is 7.89. The molecule has 132 valence electrons. The minimum absolute atomic E-state index is 0.0958. The van der Waals surface area contributed by atoms with Crippen molar-refractivity contribution in [1.29, 1.82) is 0 Å². The number of anilines is 1. The molecule has 0 spiro atoms. The second-order valence-electron chi connectivity index (χ2n) is 6.60. The third-order valence-corrected chi connectivity index (χ3v) is 4.84. The van der Waals surface area contributed by atoms with Gasteiger partial charge in [0, 0.05) is 16.6 Å². The van der Waals surface area contributed by atoms with Gasteiger partial charge in [-0.2, -0.15) is 5.10 Å². The van der Waals surface area contributed by atoms with Gasteiger partial charge in [0.2, 0.25) is 5.09 Å². The van der Waals surface area contributed by atoms with Crippen molar-refractivity contribution in [3.63, 3.8) is 0 Å². The van der Waals surface area contributed by atoms with E-state index in [-0.39, 0.29) is 10.9 Å². The zero-order valence-electron chi connectivity index (χ0n) is 14.0. The number of H-pyrrole nitrogens is 1. The Morgan fingerprint density at radius 2 is 1.96 bits per heavy atom. The molecule has 0 aliphatic carbocycles. The smallest absolute Gasteiger partial charge is 0.291 e. The van der Waals surface area contributed by atoms with Gasteiger partial charge >= 0.3 is 0 Å². The molecular weight excluding hydrogens is 344 g/mol. The summed E-state index contributed by atoms with van der Waals surface area (Å²) in [6.07, 6.45) is 1.64. The first-order valence-electron chi connectivity index (χ1n) is 7.52. The van der Waals surface area contributed by atoms with E-state index in [4.69, 9.17) is 4.42 Å². The Bertz CT molecular complexity index is 1030. The summed E-state index contributed by atoms with van der Waals surface area (Å²) < 4.78 is 32.1. The third kappa shape index (κ3) is 3.89. The second-order valence-corrected chi connectivity index (χ2v) is 8.21. The summed E-state index contributed by atoms with van der Waals surface area (Å²) >= 11 is 0. The van der Waals surface area contributed by atoms with Crippen LogP contribution in [-0.2, 0) is 10.0 Å². The van der Waals surface area contributed by atoms with Gasteiger partial charge in [-0.05, 0) is 51.1 Å². The summed E-state index contributed by atoms with van der Waals surface area (Å²) in [4.78, 5) is 12.3. The fraction of sp³-hybridized carbons (Fsp3) is 0.250. The SMILES string of the molecule is CC(C)(C)NS(=O)(=O)c1ccc(C(=O)Nc2ccc3[nH]ncc3c2)o1. The average molecular weight is 362 g/mol. The molecule has 8 nitrogen and oxygen atoms in total. The van der Waals surface area contributed by atoms with Crippen molar-refractivity contribution in [2.45, 2.75) is 31.4 Å². The lowest BCUT2D eigenvalue weighted by molar-refractivity contribution is 0.0991. The van der Waals surface area contributed by atoms with Crippen molar-refractivity contribution >= 4 is 32.5 Å². The number of nitrogens with zero attached hydrogens (tertiary/aromatic N) is 1. The molecule has 0 unspecified atom stereocenters. The Kier molecular flexibility index (Phi) is 4.13. The van der Waals surface area contributed by atoms with Crippen molar-refractivity contribution < 1.29 is 17.6 Å². The number of aromatic nitrogens is 2. The maximum absolute atomic E-state index is 12.3. The second kappa shape index (κ2) is 6.01. The summed E-state index contributed by atoms with van der Waals surface area (Å²) in [6, 6.07) is 7.81. The number of hydrogen-bond acceptors (Lipinski definition) is 5. The number of hydrogen-bond donors (Lipinski definition) is 3. The number of carbonyl (C=O) groups is 1. The first-order chi connectivity index (χ1) is 11.6. The number of amides is 1. The largest absolute Gasteiger partial charge is 0.438 e. The van der Waals surface area contributed by atoms with Crippen LogP contribution in [0.1, 0.15) is 31.3 Å². The van der Waals surface area contributed by atoms with E-state index in [9.17, 15) is 13.2 Å². The van der Waals surface area contributed by atoms with E-state index < -0.39 is 21.5 Å². The topological polar surface area (TPSA) is 117 Å². The average Bonchev–Trinajstić information content (AvgIpc) is 3.14. The van der Waals surface area contributed by atoms with Gasteiger partial charge in [0.1, 0.15) is 0 Å². The number of furan rings is 1. The molecule has 3 N–H and O–H groups in total. The van der Waals surface area contributed by atoms with Gasteiger partial charge < -0.3 is 9.73 Å². The normalized spacial score (nSPS) is 12.4. The molecule has 0 saturated carbocycles. The molecule has 0 bridgehead atoms. The fourth-order valence-corrected chi connectivity index (χ4v) is 3.61. The molecule has 3 aromatic rings. The van der Waals surface area contributed by atoms with E-state index in [1.165, 1.54) is 12.1 Å². The van der Waals surface area contributed by atoms with Gasteiger partial charge in [0.05, 0.1) is 11.7 Å². The molecule has 2 heterocycles. The summed E-state index contributed by atoms with van der Waals surface area (Å²) in [5.74, 6) is -0.637. The number of aromatic amines is 1. The van der Waals surface area contributed by atoms with Crippen molar-refractivity contribution in [2.24, 2.45) is 0 Å². The van der Waals surface area contributed by atoms with Crippen LogP contribution in [0.3, 0.4) is 0 Å². The molecule has 0 saturated heterocycles. The Hall–Kier alpha value is -2.65. The molecule has 0 fully saturated rings. The predicted octanol–water partition coefficient (Wildman–Crippen LogP) is 2.49. The summed E-state index contributed by atoms with van der Waals surface area (Å²) in [5.41, 5.74) is 0.735. The number of benzene rings is 1. The molecule has 3 rings (SSSR count). The van der Waals surface area contributed by atoms with Crippen molar-refractivity contribution in [2.75, 3.05) is 5.32 Å². The summed E-state index contributed by atoms with van der Waals surface area (Å²) in [7, 11) is -3.83. The molecule has 2 aromatic heterocycles. The Morgan fingerprint density at radius 1 is 1.20 bits per heavy atom. The molecule has 0 radical (unpaired) electrons. The van der Waals surface area contributed by atoms with E-state index in [1.807, 2.05) is 0 Å². The molecule has 1 amide bonds. The molecule has 0 aliphatic heterocycles. The lowest BCUT2D eigenvalue weighted by Crippen LogP contribution is -2.40. The molecule has 1 aromatic carbocycles. The van der Waals surface area contributed by atoms with Gasteiger partial charge in [0.25, 0.3) is 15.9 Å². The number of nitrogens with one attached hydrogen (secondary N) is 3. The van der Waals surface area contributed by atoms with Gasteiger partial charge in [0.15, 0.2) is 5.76 Å². The van der Waals surface area contributed by atoms with Crippen LogP contribution in [0, 0.1) is 0 Å². The van der Waals surface area contributed by atoms with Crippen molar-refractivity contribution in [3.8, 4) is 0 Å². The van der Waals surface area contributed by atoms with Crippen LogP contribution in [0.5, 0.6) is 0 Å². The third-order valence-electron chi connectivity index (χ3n) is 3.21. The van der Waals surface area contributed by atoms with E-state index in [2.05, 4.69) is 20.2 Å². The van der Waals surface area contributed by atoms with Crippen LogP contribution in [0.15, 0.2) is 46.0 Å². The molecule has 25 heavy (non-hydrogen) atoms. The van der Waals surface area contributed by atoms with E-state index in [0.29, 0.717) is 5.69 Å². The number of carbonyl (C=O) groups excluding carboxylic acids is 1. The van der Waals surface area contributed by atoms with Crippen LogP contribution in [-0.4, -0.2) is 30.1 Å². The molecule has 0 atom stereocenters. The highest BCUT2D eigenvalue weighted by Crippen LogP contribution is 2.20. The lowest BCUT2D eigenvalue weighted by Gasteiger charge is -2.18. The van der Waals surface area contributed by atoms with Crippen molar-refractivity contribution in [1.82, 2.24) is 14.9 Å². The monoisotopic (exact) mass is 362 g/mol. The van der Waals surface area contributed by atoms with Crippen LogP contribution < -0.4 is 10.0 Å². The number of rotatable bonds is 4. The number of sulfonamides is 1. The number of fused-ring (bicyclic) bond motifs is 1. The summed E-state index contributed by atoms with van der Waals surface area (Å²) in [6.45, 7) is 5.15. The molecular formula is C16H18N4O4S. The van der Waals surface area contributed by atoms with Gasteiger partial charge in [-0.1, -0.05) is 0 Å². The minimum Gasteiger partial charge on any atom is -0.438 e. The van der Waals surface area contributed by atoms with Crippen LogP contribution in [0.25, 0.3) is 10.9 Å². The van der Waals surface area contributed by atoms with Crippen LogP contribution in [0.2, 0.25) is 0 Å². The Morgan fingerprint density at radius 3 is 2.68 bits per heavy atom. The summed E-state index contributed by atoms with van der Waals surface area (Å²) in [5, 5.41) is 9.92. The lowest BCUT2D eigenvalue weighted by atomic mass is 10.1. The van der Waals surface area contributed by atoms with Gasteiger partial charge in [-0.25, -0.2) is 13.1 Å². The van der Waals surface area contributed by atoms with Crippen LogP contribution in [0.4, 0.5) is 5.69 Å². The van der Waals surface area contributed by atoms with E-state index in [1.54, 1.807) is 45.2 Å². The standard InChI is InChI=1S/C16H18N4O4S/c1-16(2,3)20-25(22,23)14-7-6-13(24-14)15(21)18-11-4-5-12-10(8-11)9-17-19-12/h4-9,20H,1-3H3,(H,17,19)(H,18,21). The predicted molar refractivity (Wildman–Crippen MR) is 92.8 cm³/mol. The Labute approximate surface area is 144 Å². The highest BCUT2D eigenvalue weighted by Gasteiger charge is 2.26. The zero-order chi connectivity index (χ0) is 18.2. The fourth-order valence-electron chi connectivity index (χ4n) is 2.25. The minimum atomic E-state index is -3.83. The maximum Gasteiger partial charge on any atom is 0.291 e. The van der Waals surface area contributed by atoms with Crippen LogP contribution >= 0.6 is 0 Å². The molecule has 0 aliphatic rings. The maximum atomic E-state index is 12.3. The molecule has 9 heteroatoms. The van der Waals surface area contributed by atoms with Gasteiger partial charge in [-0.15, -0.1) is 0 Å². The first-order valence-corrected chi connectivity index (χ1v) is 9.01. The quantitative estimate of drug-likeness (QED) is 0.659.